The molecule has 6 rings (SSSR count). The largest absolute Gasteiger partial charge is 0.454 e. The van der Waals surface area contributed by atoms with Crippen LogP contribution in [0.15, 0.2) is 41.2 Å². The van der Waals surface area contributed by atoms with E-state index >= 15 is 0 Å². The summed E-state index contributed by atoms with van der Waals surface area (Å²) in [5.41, 5.74) is 4.65. The highest BCUT2D eigenvalue weighted by molar-refractivity contribution is 5.83. The van der Waals surface area contributed by atoms with Gasteiger partial charge in [-0.15, -0.1) is 5.10 Å². The molecule has 0 amide bonds. The maximum atomic E-state index is 13.6. The third kappa shape index (κ3) is 4.18. The van der Waals surface area contributed by atoms with Gasteiger partial charge >= 0.3 is 0 Å². The first-order valence-electron chi connectivity index (χ1n) is 13.0. The van der Waals surface area contributed by atoms with Crippen LogP contribution in [-0.2, 0) is 5.54 Å². The minimum absolute atomic E-state index is 0.165. The third-order valence-electron chi connectivity index (χ3n) is 7.63. The second kappa shape index (κ2) is 9.13. The van der Waals surface area contributed by atoms with Crippen molar-refractivity contribution in [2.45, 2.75) is 46.2 Å². The highest BCUT2D eigenvalue weighted by Gasteiger charge is 2.35. The number of pyridine rings is 1. The summed E-state index contributed by atoms with van der Waals surface area (Å²) in [6, 6.07) is 11.7. The molecule has 38 heavy (non-hydrogen) atoms. The Kier molecular flexibility index (Phi) is 5.86. The van der Waals surface area contributed by atoms with Crippen molar-refractivity contribution in [2.24, 2.45) is 0 Å². The predicted molar refractivity (Wildman–Crippen MR) is 145 cm³/mol. The lowest BCUT2D eigenvalue weighted by atomic mass is 10.0. The van der Waals surface area contributed by atoms with Crippen molar-refractivity contribution in [3.63, 3.8) is 0 Å². The van der Waals surface area contributed by atoms with E-state index in [4.69, 9.17) is 9.47 Å². The fourth-order valence-corrected chi connectivity index (χ4v) is 5.46. The molecule has 0 aliphatic carbocycles. The summed E-state index contributed by atoms with van der Waals surface area (Å²) in [6.45, 7) is 13.9. The molecule has 0 saturated carbocycles. The second-order valence-corrected chi connectivity index (χ2v) is 11.1. The van der Waals surface area contributed by atoms with Crippen LogP contribution in [0.5, 0.6) is 11.5 Å². The van der Waals surface area contributed by atoms with E-state index in [0.717, 1.165) is 31.6 Å². The number of nitrogens with one attached hydrogen (secondary N) is 1. The lowest BCUT2D eigenvalue weighted by Crippen LogP contribution is -2.49. The van der Waals surface area contributed by atoms with E-state index in [-0.39, 0.29) is 17.9 Å². The van der Waals surface area contributed by atoms with Gasteiger partial charge in [0.15, 0.2) is 17.3 Å². The van der Waals surface area contributed by atoms with Crippen LogP contribution in [-0.4, -0.2) is 63.1 Å². The SMILES string of the molecule is Cc1cccc(N2CCN([C@@H](c3cc4cc5c(cc4[nH]c3=O)OCO5)c3nnnn3C(C)(C)C)CC2)c1C. The lowest BCUT2D eigenvalue weighted by Gasteiger charge is -2.40. The molecular formula is C28H33N7O3. The van der Waals surface area contributed by atoms with Gasteiger partial charge in [0.05, 0.1) is 11.1 Å². The van der Waals surface area contributed by atoms with Gasteiger partial charge in [0.25, 0.3) is 5.56 Å². The van der Waals surface area contributed by atoms with Gasteiger partial charge in [0.2, 0.25) is 6.79 Å². The number of anilines is 1. The minimum atomic E-state index is -0.413. The van der Waals surface area contributed by atoms with E-state index in [1.54, 1.807) is 0 Å². The topological polar surface area (TPSA) is 101 Å². The number of benzene rings is 2. The molecule has 10 nitrogen and oxygen atoms in total. The highest BCUT2D eigenvalue weighted by atomic mass is 16.7. The van der Waals surface area contributed by atoms with Gasteiger partial charge in [-0.05, 0) is 74.4 Å². The molecule has 4 aromatic rings. The third-order valence-corrected chi connectivity index (χ3v) is 7.63. The molecule has 2 aliphatic rings. The van der Waals surface area contributed by atoms with Crippen LogP contribution < -0.4 is 19.9 Å². The molecule has 0 radical (unpaired) electrons. The van der Waals surface area contributed by atoms with Gasteiger partial charge in [0.1, 0.15) is 6.04 Å². The first-order chi connectivity index (χ1) is 18.2. The van der Waals surface area contributed by atoms with Crippen LogP contribution in [0.25, 0.3) is 10.9 Å². The predicted octanol–water partition coefficient (Wildman–Crippen LogP) is 3.53. The Morgan fingerprint density at radius 1 is 1.00 bits per heavy atom. The number of fused-ring (bicyclic) bond motifs is 2. The number of ether oxygens (including phenoxy) is 2. The molecule has 2 aliphatic heterocycles. The Bertz CT molecular complexity index is 1560. The van der Waals surface area contributed by atoms with Crippen molar-refractivity contribution in [1.82, 2.24) is 30.1 Å². The Hall–Kier alpha value is -3.92. The van der Waals surface area contributed by atoms with Gasteiger partial charge < -0.3 is 19.4 Å². The summed E-state index contributed by atoms with van der Waals surface area (Å²) in [4.78, 5) is 21.4. The number of hydrogen-bond donors (Lipinski definition) is 1. The summed E-state index contributed by atoms with van der Waals surface area (Å²) in [6.07, 6.45) is 0. The number of hydrogen-bond acceptors (Lipinski definition) is 8. The van der Waals surface area contributed by atoms with E-state index in [9.17, 15) is 4.79 Å². The number of piperazine rings is 1. The Morgan fingerprint density at radius 2 is 1.74 bits per heavy atom. The molecule has 2 aromatic carbocycles. The summed E-state index contributed by atoms with van der Waals surface area (Å²) in [5, 5.41) is 13.7. The standard InChI is InChI=1S/C28H33N7O3/c1-17-7-6-8-22(18(17)2)33-9-11-34(12-10-33)25(26-30-31-32-35(26)28(3,4)5)20-13-19-14-23-24(38-16-37-23)15-21(19)29-27(20)36/h6-8,13-15,25H,9-12,16H2,1-5H3,(H,29,36)/t25-/m0/s1. The first-order valence-corrected chi connectivity index (χ1v) is 13.0. The van der Waals surface area contributed by atoms with Crippen LogP contribution in [0.2, 0.25) is 0 Å². The molecule has 2 aromatic heterocycles. The van der Waals surface area contributed by atoms with E-state index in [2.05, 4.69) is 83.1 Å². The fourth-order valence-electron chi connectivity index (χ4n) is 5.46. The molecule has 0 bridgehead atoms. The number of H-pyrrole nitrogens is 1. The molecule has 0 spiro atoms. The quantitative estimate of drug-likeness (QED) is 0.441. The van der Waals surface area contributed by atoms with E-state index in [0.29, 0.717) is 28.4 Å². The zero-order valence-electron chi connectivity index (χ0n) is 22.5. The molecule has 10 heteroatoms. The van der Waals surface area contributed by atoms with Crippen molar-refractivity contribution < 1.29 is 9.47 Å². The monoisotopic (exact) mass is 515 g/mol. The average molecular weight is 516 g/mol. The van der Waals surface area contributed by atoms with Crippen molar-refractivity contribution in [3.8, 4) is 11.5 Å². The normalized spacial score (nSPS) is 16.8. The number of aromatic nitrogens is 5. The fraction of sp³-hybridized carbons (Fsp3) is 0.429. The zero-order valence-corrected chi connectivity index (χ0v) is 22.5. The average Bonchev–Trinajstić information content (AvgIpc) is 3.55. The molecule has 1 N–H and O–H groups in total. The van der Waals surface area contributed by atoms with Gasteiger partial charge in [-0.1, -0.05) is 12.1 Å². The Morgan fingerprint density at radius 3 is 2.47 bits per heavy atom. The highest BCUT2D eigenvalue weighted by Crippen LogP contribution is 2.37. The molecule has 0 unspecified atom stereocenters. The number of rotatable bonds is 4. The van der Waals surface area contributed by atoms with Gasteiger partial charge in [0, 0.05) is 48.9 Å². The van der Waals surface area contributed by atoms with Crippen LogP contribution in [0.3, 0.4) is 0 Å². The molecule has 1 saturated heterocycles. The van der Waals surface area contributed by atoms with Crippen LogP contribution in [0.4, 0.5) is 5.69 Å². The number of aromatic amines is 1. The van der Waals surface area contributed by atoms with Crippen molar-refractivity contribution in [2.75, 3.05) is 37.9 Å². The van der Waals surface area contributed by atoms with Crippen molar-refractivity contribution >= 4 is 16.6 Å². The number of nitrogens with zero attached hydrogens (tertiary/aromatic N) is 6. The van der Waals surface area contributed by atoms with Gasteiger partial charge in [-0.25, -0.2) is 4.68 Å². The van der Waals surface area contributed by atoms with Crippen molar-refractivity contribution in [1.29, 1.82) is 0 Å². The van der Waals surface area contributed by atoms with Crippen molar-refractivity contribution in [3.05, 3.63) is 69.3 Å². The minimum Gasteiger partial charge on any atom is -0.454 e. The van der Waals surface area contributed by atoms with Crippen LogP contribution >= 0.6 is 0 Å². The Labute approximate surface area is 221 Å². The van der Waals surface area contributed by atoms with Crippen LogP contribution in [0.1, 0.15) is 49.3 Å². The van der Waals surface area contributed by atoms with E-state index in [1.165, 1.54) is 16.8 Å². The molecular weight excluding hydrogens is 482 g/mol. The van der Waals surface area contributed by atoms with E-state index < -0.39 is 6.04 Å². The summed E-state index contributed by atoms with van der Waals surface area (Å²) in [5.74, 6) is 1.97. The number of aryl methyl sites for hydroxylation is 1. The summed E-state index contributed by atoms with van der Waals surface area (Å²) < 4.78 is 12.9. The lowest BCUT2D eigenvalue weighted by molar-refractivity contribution is 0.174. The molecule has 1 atom stereocenters. The maximum absolute atomic E-state index is 13.6. The molecule has 198 valence electrons. The number of tetrazole rings is 1. The zero-order chi connectivity index (χ0) is 26.6. The summed E-state index contributed by atoms with van der Waals surface area (Å²) >= 11 is 0. The van der Waals surface area contributed by atoms with Gasteiger partial charge in [-0.2, -0.15) is 0 Å². The molecule has 1 fully saturated rings. The Balaban J connectivity index is 1.41. The molecule has 4 heterocycles. The van der Waals surface area contributed by atoms with Crippen LogP contribution in [0, 0.1) is 13.8 Å². The van der Waals surface area contributed by atoms with E-state index in [1.807, 2.05) is 22.9 Å². The van der Waals surface area contributed by atoms with Gasteiger partial charge in [-0.3, -0.25) is 9.69 Å². The second-order valence-electron chi connectivity index (χ2n) is 11.1. The maximum Gasteiger partial charge on any atom is 0.253 e. The first kappa shape index (κ1) is 24.4. The summed E-state index contributed by atoms with van der Waals surface area (Å²) in [7, 11) is 0. The smallest absolute Gasteiger partial charge is 0.253 e.